The Bertz CT molecular complexity index is 674. The summed E-state index contributed by atoms with van der Waals surface area (Å²) in [5, 5.41) is 15.6. The molecule has 0 spiro atoms. The molecule has 2 rings (SSSR count). The molecule has 5 nitrogen and oxygen atoms in total. The number of benzene rings is 2. The van der Waals surface area contributed by atoms with Crippen molar-refractivity contribution in [3.05, 3.63) is 64.2 Å². The maximum Gasteiger partial charge on any atom is 0.251 e. The van der Waals surface area contributed by atoms with Crippen LogP contribution in [-0.4, -0.2) is 31.3 Å². The lowest BCUT2D eigenvalue weighted by molar-refractivity contribution is 0.0937. The first-order chi connectivity index (χ1) is 11.6. The van der Waals surface area contributed by atoms with E-state index < -0.39 is 0 Å². The van der Waals surface area contributed by atoms with Gasteiger partial charge in [-0.15, -0.1) is 0 Å². The second kappa shape index (κ2) is 9.27. The molecule has 2 aromatic rings. The van der Waals surface area contributed by atoms with Crippen molar-refractivity contribution in [1.29, 1.82) is 0 Å². The predicted molar refractivity (Wildman–Crippen MR) is 95.4 cm³/mol. The Morgan fingerprint density at radius 2 is 1.88 bits per heavy atom. The van der Waals surface area contributed by atoms with E-state index in [0.717, 1.165) is 11.1 Å². The number of halogens is 1. The van der Waals surface area contributed by atoms with Crippen LogP contribution in [0.4, 0.5) is 5.69 Å². The molecule has 0 fully saturated rings. The molecule has 2 aromatic carbocycles. The fourth-order valence-corrected chi connectivity index (χ4v) is 2.31. The fraction of sp³-hybridized carbons (Fsp3) is 0.278. The number of ether oxygens (including phenoxy) is 1. The van der Waals surface area contributed by atoms with Crippen molar-refractivity contribution in [2.24, 2.45) is 0 Å². The van der Waals surface area contributed by atoms with Crippen molar-refractivity contribution in [3.8, 4) is 0 Å². The lowest BCUT2D eigenvalue weighted by Gasteiger charge is -2.11. The van der Waals surface area contributed by atoms with E-state index in [4.69, 9.17) is 21.4 Å². The molecule has 0 heterocycles. The molecular formula is C18H21ClN2O3. The maximum absolute atomic E-state index is 12.1. The minimum atomic E-state index is -0.168. The van der Waals surface area contributed by atoms with Gasteiger partial charge in [0.15, 0.2) is 0 Å². The first kappa shape index (κ1) is 18.3. The highest BCUT2D eigenvalue weighted by molar-refractivity contribution is 6.33. The van der Waals surface area contributed by atoms with Crippen molar-refractivity contribution in [2.75, 3.05) is 25.6 Å². The van der Waals surface area contributed by atoms with Crippen LogP contribution in [0.2, 0.25) is 5.02 Å². The third-order valence-electron chi connectivity index (χ3n) is 3.51. The Hall–Kier alpha value is -2.08. The summed E-state index contributed by atoms with van der Waals surface area (Å²) in [5.41, 5.74) is 3.15. The fourth-order valence-electron chi connectivity index (χ4n) is 2.13. The lowest BCUT2D eigenvalue weighted by Crippen LogP contribution is -2.26. The number of carbonyl (C=O) groups is 1. The van der Waals surface area contributed by atoms with Gasteiger partial charge < -0.3 is 20.5 Å². The van der Waals surface area contributed by atoms with Gasteiger partial charge in [-0.2, -0.15) is 0 Å². The summed E-state index contributed by atoms with van der Waals surface area (Å²) in [6, 6.07) is 12.7. The Balaban J connectivity index is 2.00. The van der Waals surface area contributed by atoms with Gasteiger partial charge in [-0.25, -0.2) is 0 Å². The maximum atomic E-state index is 12.1. The molecule has 3 N–H and O–H groups in total. The quantitative estimate of drug-likeness (QED) is 0.641. The van der Waals surface area contributed by atoms with E-state index in [9.17, 15) is 4.79 Å². The predicted octanol–water partition coefficient (Wildman–Crippen LogP) is 2.82. The second-order valence-corrected chi connectivity index (χ2v) is 5.68. The topological polar surface area (TPSA) is 70.6 Å². The Morgan fingerprint density at radius 1 is 1.17 bits per heavy atom. The monoisotopic (exact) mass is 348 g/mol. The number of hydrogen-bond donors (Lipinski definition) is 3. The number of rotatable bonds is 8. The Labute approximate surface area is 146 Å². The molecule has 0 radical (unpaired) electrons. The second-order valence-electron chi connectivity index (χ2n) is 5.27. The highest BCUT2D eigenvalue weighted by Crippen LogP contribution is 2.23. The third kappa shape index (κ3) is 5.23. The summed E-state index contributed by atoms with van der Waals surface area (Å²) in [6.07, 6.45) is 0. The average molecular weight is 349 g/mol. The van der Waals surface area contributed by atoms with E-state index in [1.807, 2.05) is 24.3 Å². The van der Waals surface area contributed by atoms with Crippen LogP contribution in [0, 0.1) is 0 Å². The zero-order valence-corrected chi connectivity index (χ0v) is 14.3. The van der Waals surface area contributed by atoms with Crippen LogP contribution in [0.3, 0.4) is 0 Å². The largest absolute Gasteiger partial charge is 0.392 e. The minimum Gasteiger partial charge on any atom is -0.392 e. The number of anilines is 1. The van der Waals surface area contributed by atoms with Gasteiger partial charge in [0, 0.05) is 25.8 Å². The average Bonchev–Trinajstić information content (AvgIpc) is 2.61. The van der Waals surface area contributed by atoms with E-state index in [1.165, 1.54) is 0 Å². The third-order valence-corrected chi connectivity index (χ3v) is 3.84. The van der Waals surface area contributed by atoms with E-state index in [0.29, 0.717) is 36.0 Å². The van der Waals surface area contributed by atoms with Crippen LogP contribution in [0.25, 0.3) is 0 Å². The van der Waals surface area contributed by atoms with Gasteiger partial charge in [-0.05, 0) is 29.3 Å². The molecule has 0 bridgehead atoms. The van der Waals surface area contributed by atoms with Crippen molar-refractivity contribution in [3.63, 3.8) is 0 Å². The number of aliphatic hydroxyl groups is 1. The summed E-state index contributed by atoms with van der Waals surface area (Å²) in [6.45, 7) is 1.52. The van der Waals surface area contributed by atoms with Gasteiger partial charge in [-0.3, -0.25) is 4.79 Å². The number of carbonyl (C=O) groups excluding carboxylic acids is 1. The molecule has 0 aliphatic carbocycles. The first-order valence-corrected chi connectivity index (χ1v) is 8.01. The van der Waals surface area contributed by atoms with Crippen LogP contribution in [0.5, 0.6) is 0 Å². The summed E-state index contributed by atoms with van der Waals surface area (Å²) in [4.78, 5) is 12.1. The van der Waals surface area contributed by atoms with Gasteiger partial charge in [0.25, 0.3) is 5.91 Å². The molecule has 128 valence electrons. The first-order valence-electron chi connectivity index (χ1n) is 7.63. The van der Waals surface area contributed by atoms with E-state index >= 15 is 0 Å². The summed E-state index contributed by atoms with van der Waals surface area (Å²) in [7, 11) is 1.59. The molecular weight excluding hydrogens is 328 g/mol. The molecule has 24 heavy (non-hydrogen) atoms. The summed E-state index contributed by atoms with van der Waals surface area (Å²) in [5.74, 6) is -0.168. The zero-order valence-electron chi connectivity index (χ0n) is 13.5. The van der Waals surface area contributed by atoms with Gasteiger partial charge in [0.1, 0.15) is 0 Å². The van der Waals surface area contributed by atoms with E-state index in [-0.39, 0.29) is 12.5 Å². The minimum absolute atomic E-state index is 0.0275. The highest BCUT2D eigenvalue weighted by atomic mass is 35.5. The molecule has 1 amide bonds. The van der Waals surface area contributed by atoms with Crippen LogP contribution in [0.15, 0.2) is 42.5 Å². The lowest BCUT2D eigenvalue weighted by atomic mass is 10.1. The number of amides is 1. The molecule has 0 aliphatic heterocycles. The molecule has 0 saturated carbocycles. The highest BCUT2D eigenvalue weighted by Gasteiger charge is 2.08. The normalized spacial score (nSPS) is 10.5. The number of aliphatic hydroxyl groups excluding tert-OH is 1. The molecule has 0 saturated heterocycles. The molecule has 0 aromatic heterocycles. The van der Waals surface area contributed by atoms with Crippen molar-refractivity contribution < 1.29 is 14.6 Å². The van der Waals surface area contributed by atoms with Crippen molar-refractivity contribution >= 4 is 23.2 Å². The van der Waals surface area contributed by atoms with Crippen LogP contribution in [-0.2, 0) is 17.9 Å². The zero-order chi connectivity index (χ0) is 17.4. The SMILES string of the molecule is COCCNC(=O)c1ccc(Cl)c(NCc2ccc(CO)cc2)c1. The van der Waals surface area contributed by atoms with E-state index in [1.54, 1.807) is 25.3 Å². The van der Waals surface area contributed by atoms with Gasteiger partial charge in [-0.1, -0.05) is 35.9 Å². The van der Waals surface area contributed by atoms with Crippen LogP contribution in [0.1, 0.15) is 21.5 Å². The summed E-state index contributed by atoms with van der Waals surface area (Å²) < 4.78 is 4.91. The number of methoxy groups -OCH3 is 1. The van der Waals surface area contributed by atoms with Crippen molar-refractivity contribution in [1.82, 2.24) is 5.32 Å². The molecule has 0 atom stereocenters. The summed E-state index contributed by atoms with van der Waals surface area (Å²) >= 11 is 6.19. The number of nitrogens with one attached hydrogen (secondary N) is 2. The van der Waals surface area contributed by atoms with Gasteiger partial charge in [0.05, 0.1) is 23.9 Å². The van der Waals surface area contributed by atoms with Crippen molar-refractivity contribution in [2.45, 2.75) is 13.2 Å². The van der Waals surface area contributed by atoms with Gasteiger partial charge >= 0.3 is 0 Å². The standard InChI is InChI=1S/C18H21ClN2O3/c1-24-9-8-20-18(23)15-6-7-16(19)17(10-15)21-11-13-2-4-14(12-22)5-3-13/h2-7,10,21-22H,8-9,11-12H2,1H3,(H,20,23). The van der Waals surface area contributed by atoms with Gasteiger partial charge in [0.2, 0.25) is 0 Å². The smallest absolute Gasteiger partial charge is 0.251 e. The molecule has 0 unspecified atom stereocenters. The Kier molecular flexibility index (Phi) is 7.06. The molecule has 0 aliphatic rings. The van der Waals surface area contributed by atoms with E-state index in [2.05, 4.69) is 10.6 Å². The Morgan fingerprint density at radius 3 is 2.54 bits per heavy atom. The molecule has 6 heteroatoms. The number of hydrogen-bond acceptors (Lipinski definition) is 4. The van der Waals surface area contributed by atoms with Crippen LogP contribution >= 0.6 is 11.6 Å². The van der Waals surface area contributed by atoms with Crippen LogP contribution < -0.4 is 10.6 Å².